The zero-order valence-electron chi connectivity index (χ0n) is 20.2. The number of piperazine rings is 1. The van der Waals surface area contributed by atoms with Gasteiger partial charge in [-0.3, -0.25) is 9.80 Å². The Morgan fingerprint density at radius 3 is 2.48 bits per heavy atom. The van der Waals surface area contributed by atoms with Crippen molar-refractivity contribution in [2.75, 3.05) is 84.1 Å². The van der Waals surface area contributed by atoms with Crippen LogP contribution >= 0.6 is 0 Å². The Hall–Kier alpha value is -1.97. The van der Waals surface area contributed by atoms with Crippen molar-refractivity contribution in [3.05, 3.63) is 35.9 Å². The molecule has 1 aromatic heterocycles. The van der Waals surface area contributed by atoms with Crippen LogP contribution < -0.4 is 4.90 Å². The maximum Gasteiger partial charge on any atom is 0.232 e. The number of aliphatic hydroxyl groups excluding tert-OH is 1. The van der Waals surface area contributed by atoms with Crippen LogP contribution in [0.1, 0.15) is 18.9 Å². The summed E-state index contributed by atoms with van der Waals surface area (Å²) in [6, 6.07) is 10.3. The van der Waals surface area contributed by atoms with Gasteiger partial charge in [0.25, 0.3) is 0 Å². The molecule has 2 aromatic rings. The second-order valence-electron chi connectivity index (χ2n) is 9.27. The summed E-state index contributed by atoms with van der Waals surface area (Å²) in [5.41, 5.74) is 3.10. The third-order valence-electron chi connectivity index (χ3n) is 6.57. The molecule has 2 aliphatic heterocycles. The minimum atomic E-state index is -0.401. The van der Waals surface area contributed by atoms with E-state index in [-0.39, 0.29) is 0 Å². The van der Waals surface area contributed by atoms with Crippen LogP contribution in [-0.2, 0) is 11.3 Å². The van der Waals surface area contributed by atoms with Crippen LogP contribution in [0.3, 0.4) is 0 Å². The lowest BCUT2D eigenvalue weighted by molar-refractivity contribution is 0.00628. The van der Waals surface area contributed by atoms with Crippen molar-refractivity contribution in [3.8, 4) is 11.3 Å². The first-order valence-electron chi connectivity index (χ1n) is 12.3. The van der Waals surface area contributed by atoms with E-state index >= 15 is 0 Å². The fraction of sp³-hybridized carbons (Fsp3) is 0.640. The zero-order chi connectivity index (χ0) is 23.0. The Labute approximate surface area is 197 Å². The fourth-order valence-electron chi connectivity index (χ4n) is 4.74. The molecule has 2 saturated heterocycles. The number of anilines is 1. The van der Waals surface area contributed by atoms with Gasteiger partial charge in [-0.2, -0.15) is 0 Å². The van der Waals surface area contributed by atoms with E-state index in [0.717, 1.165) is 88.2 Å². The van der Waals surface area contributed by atoms with Crippen LogP contribution in [0.15, 0.2) is 34.9 Å². The first-order valence-corrected chi connectivity index (χ1v) is 12.3. The van der Waals surface area contributed by atoms with Gasteiger partial charge in [0.1, 0.15) is 5.69 Å². The molecule has 8 heteroatoms. The highest BCUT2D eigenvalue weighted by Crippen LogP contribution is 2.33. The normalized spacial score (nSPS) is 19.3. The molecule has 33 heavy (non-hydrogen) atoms. The standard InChI is InChI=1S/C25H39N5O3/c1-3-9-29(19-22(31)18-28-14-16-32-17-15-28)20-23-24(21-7-5-4-6-8-21)26-33-25(23)30-12-10-27(2)11-13-30/h4-8,22,31H,3,9-20H2,1-2H3. The first kappa shape index (κ1) is 24.2. The summed E-state index contributed by atoms with van der Waals surface area (Å²) in [5, 5.41) is 15.4. The number of aliphatic hydroxyl groups is 1. The minimum absolute atomic E-state index is 0.401. The first-order chi connectivity index (χ1) is 16.1. The number of benzene rings is 1. The van der Waals surface area contributed by atoms with Gasteiger partial charge in [-0.05, 0) is 20.0 Å². The molecule has 2 fully saturated rings. The van der Waals surface area contributed by atoms with Crippen LogP contribution in [0.5, 0.6) is 0 Å². The predicted octanol–water partition coefficient (Wildman–Crippen LogP) is 2.00. The molecule has 1 N–H and O–H groups in total. The largest absolute Gasteiger partial charge is 0.390 e. The number of aromatic nitrogens is 1. The lowest BCUT2D eigenvalue weighted by Gasteiger charge is -2.33. The Morgan fingerprint density at radius 1 is 1.06 bits per heavy atom. The van der Waals surface area contributed by atoms with Crippen molar-refractivity contribution < 1.29 is 14.4 Å². The summed E-state index contributed by atoms with van der Waals surface area (Å²) < 4.78 is 11.4. The van der Waals surface area contributed by atoms with E-state index in [1.165, 1.54) is 0 Å². The molecule has 0 aliphatic carbocycles. The van der Waals surface area contributed by atoms with Crippen molar-refractivity contribution in [1.29, 1.82) is 0 Å². The third kappa shape index (κ3) is 6.55. The predicted molar refractivity (Wildman–Crippen MR) is 130 cm³/mol. The molecule has 182 valence electrons. The lowest BCUT2D eigenvalue weighted by atomic mass is 10.1. The average molecular weight is 458 g/mol. The van der Waals surface area contributed by atoms with Gasteiger partial charge in [-0.15, -0.1) is 0 Å². The number of hydrogen-bond acceptors (Lipinski definition) is 8. The second-order valence-corrected chi connectivity index (χ2v) is 9.27. The van der Waals surface area contributed by atoms with E-state index in [1.807, 2.05) is 18.2 Å². The molecule has 0 bridgehead atoms. The van der Waals surface area contributed by atoms with Crippen LogP contribution in [0.4, 0.5) is 5.88 Å². The van der Waals surface area contributed by atoms with E-state index in [4.69, 9.17) is 9.26 Å². The highest BCUT2D eigenvalue weighted by molar-refractivity contribution is 5.68. The molecule has 2 aliphatic rings. The van der Waals surface area contributed by atoms with Gasteiger partial charge in [0.15, 0.2) is 0 Å². The molecule has 3 heterocycles. The molecule has 1 atom stereocenters. The number of morpholine rings is 1. The third-order valence-corrected chi connectivity index (χ3v) is 6.57. The number of hydrogen-bond donors (Lipinski definition) is 1. The summed E-state index contributed by atoms with van der Waals surface area (Å²) >= 11 is 0. The molecular formula is C25H39N5O3. The van der Waals surface area contributed by atoms with Crippen LogP contribution in [0.2, 0.25) is 0 Å². The van der Waals surface area contributed by atoms with E-state index in [1.54, 1.807) is 0 Å². The Bertz CT molecular complexity index is 832. The topological polar surface area (TPSA) is 68.5 Å². The van der Waals surface area contributed by atoms with Crippen molar-refractivity contribution in [2.45, 2.75) is 26.0 Å². The van der Waals surface area contributed by atoms with Crippen LogP contribution in [0.25, 0.3) is 11.3 Å². The number of likely N-dealkylation sites (N-methyl/N-ethyl adjacent to an activating group) is 1. The summed E-state index contributed by atoms with van der Waals surface area (Å²) in [5.74, 6) is 0.880. The Balaban J connectivity index is 1.53. The molecule has 0 radical (unpaired) electrons. The zero-order valence-corrected chi connectivity index (χ0v) is 20.2. The second kappa shape index (κ2) is 11.9. The molecule has 1 unspecified atom stereocenters. The maximum atomic E-state index is 10.9. The van der Waals surface area contributed by atoms with E-state index < -0.39 is 6.10 Å². The van der Waals surface area contributed by atoms with Gasteiger partial charge < -0.3 is 24.2 Å². The number of rotatable bonds is 10. The average Bonchev–Trinajstić information content (AvgIpc) is 3.24. The summed E-state index contributed by atoms with van der Waals surface area (Å²) in [6.07, 6.45) is 0.627. The fourth-order valence-corrected chi connectivity index (χ4v) is 4.74. The highest BCUT2D eigenvalue weighted by Gasteiger charge is 2.27. The lowest BCUT2D eigenvalue weighted by Crippen LogP contribution is -2.45. The quantitative estimate of drug-likeness (QED) is 0.581. The molecule has 0 saturated carbocycles. The van der Waals surface area contributed by atoms with E-state index in [0.29, 0.717) is 19.6 Å². The van der Waals surface area contributed by atoms with Gasteiger partial charge in [-0.25, -0.2) is 0 Å². The minimum Gasteiger partial charge on any atom is -0.390 e. The number of β-amino-alcohol motifs (C(OH)–C–C–N with tert-alkyl or cyclic N) is 1. The van der Waals surface area contributed by atoms with Crippen molar-refractivity contribution >= 4 is 5.88 Å². The van der Waals surface area contributed by atoms with Crippen LogP contribution in [0, 0.1) is 0 Å². The Morgan fingerprint density at radius 2 is 1.79 bits per heavy atom. The Kier molecular flexibility index (Phi) is 8.75. The van der Waals surface area contributed by atoms with Gasteiger partial charge in [0, 0.05) is 64.5 Å². The molecule has 4 rings (SSSR count). The number of ether oxygens (including phenoxy) is 1. The van der Waals surface area contributed by atoms with Gasteiger partial charge in [0.05, 0.1) is 24.9 Å². The highest BCUT2D eigenvalue weighted by atomic mass is 16.5. The summed E-state index contributed by atoms with van der Waals surface area (Å²) in [7, 11) is 2.16. The van der Waals surface area contributed by atoms with Gasteiger partial charge in [-0.1, -0.05) is 42.4 Å². The van der Waals surface area contributed by atoms with Gasteiger partial charge in [0.2, 0.25) is 5.88 Å². The number of nitrogens with zero attached hydrogens (tertiary/aromatic N) is 5. The van der Waals surface area contributed by atoms with Gasteiger partial charge >= 0.3 is 0 Å². The van der Waals surface area contributed by atoms with Crippen molar-refractivity contribution in [1.82, 2.24) is 19.9 Å². The maximum absolute atomic E-state index is 10.9. The van der Waals surface area contributed by atoms with E-state index in [2.05, 4.69) is 50.9 Å². The van der Waals surface area contributed by atoms with Crippen LogP contribution in [-0.4, -0.2) is 110 Å². The molecule has 8 nitrogen and oxygen atoms in total. The molecule has 0 amide bonds. The monoisotopic (exact) mass is 457 g/mol. The molecule has 0 spiro atoms. The smallest absolute Gasteiger partial charge is 0.232 e. The van der Waals surface area contributed by atoms with Crippen molar-refractivity contribution in [3.63, 3.8) is 0 Å². The summed E-state index contributed by atoms with van der Waals surface area (Å²) in [6.45, 7) is 12.3. The molecule has 1 aromatic carbocycles. The van der Waals surface area contributed by atoms with Crippen molar-refractivity contribution in [2.24, 2.45) is 0 Å². The summed E-state index contributed by atoms with van der Waals surface area (Å²) in [4.78, 5) is 9.31. The van der Waals surface area contributed by atoms with E-state index in [9.17, 15) is 5.11 Å². The molecular weight excluding hydrogens is 418 g/mol. The SMILES string of the molecule is CCCN(Cc1c(-c2ccccc2)noc1N1CCN(C)CC1)CC(O)CN1CCOCC1.